The maximum Gasteiger partial charge on any atom is 0.191 e. The van der Waals surface area contributed by atoms with Crippen molar-refractivity contribution in [2.24, 2.45) is 4.99 Å². The van der Waals surface area contributed by atoms with E-state index in [0.717, 1.165) is 28.5 Å². The summed E-state index contributed by atoms with van der Waals surface area (Å²) < 4.78 is 0. The Morgan fingerprint density at radius 1 is 1.32 bits per heavy atom. The second-order valence-corrected chi connectivity index (χ2v) is 8.55. The molecule has 1 saturated carbocycles. The van der Waals surface area contributed by atoms with Gasteiger partial charge < -0.3 is 10.6 Å². The zero-order valence-electron chi connectivity index (χ0n) is 15.1. The van der Waals surface area contributed by atoms with Crippen molar-refractivity contribution in [2.45, 2.75) is 44.0 Å². The molecule has 0 radical (unpaired) electrons. The van der Waals surface area contributed by atoms with E-state index in [1.54, 1.807) is 11.3 Å². The van der Waals surface area contributed by atoms with E-state index in [-0.39, 0.29) is 0 Å². The zero-order valence-corrected chi connectivity index (χ0v) is 16.7. The first kappa shape index (κ1) is 18.3. The topological polar surface area (TPSA) is 49.3 Å². The average molecular weight is 375 g/mol. The zero-order chi connectivity index (χ0) is 17.6. The molecule has 1 fully saturated rings. The smallest absolute Gasteiger partial charge is 0.191 e. The van der Waals surface area contributed by atoms with Crippen LogP contribution in [0.2, 0.25) is 0 Å². The molecule has 3 rings (SSSR count). The molecule has 1 heterocycles. The maximum absolute atomic E-state index is 4.72. The molecular formula is C19H26N4S2. The Kier molecular flexibility index (Phi) is 6.37. The van der Waals surface area contributed by atoms with E-state index in [1.807, 2.05) is 24.9 Å². The number of hydrogen-bond acceptors (Lipinski definition) is 4. The Balaban J connectivity index is 1.58. The van der Waals surface area contributed by atoms with Gasteiger partial charge in [0.25, 0.3) is 0 Å². The molecule has 4 nitrogen and oxygen atoms in total. The molecule has 2 N–H and O–H groups in total. The second-order valence-electron chi connectivity index (χ2n) is 6.33. The predicted molar refractivity (Wildman–Crippen MR) is 111 cm³/mol. The van der Waals surface area contributed by atoms with Crippen LogP contribution in [-0.2, 0) is 6.54 Å². The third kappa shape index (κ3) is 4.76. The normalized spacial score (nSPS) is 20.7. The molecule has 0 bridgehead atoms. The Labute approximate surface area is 158 Å². The van der Waals surface area contributed by atoms with Crippen LogP contribution >= 0.6 is 23.1 Å². The molecule has 0 saturated heterocycles. The van der Waals surface area contributed by atoms with Gasteiger partial charge in [0.2, 0.25) is 0 Å². The monoisotopic (exact) mass is 374 g/mol. The van der Waals surface area contributed by atoms with Gasteiger partial charge in [0.05, 0.1) is 12.2 Å². The number of benzene rings is 1. The Morgan fingerprint density at radius 2 is 2.12 bits per heavy atom. The summed E-state index contributed by atoms with van der Waals surface area (Å²) in [5, 5.41) is 8.89. The highest BCUT2D eigenvalue weighted by molar-refractivity contribution is 7.99. The van der Waals surface area contributed by atoms with Gasteiger partial charge in [0, 0.05) is 28.8 Å². The molecule has 1 aliphatic rings. The molecule has 25 heavy (non-hydrogen) atoms. The molecule has 1 aliphatic carbocycles. The largest absolute Gasteiger partial charge is 0.354 e. The number of aromatic nitrogens is 1. The van der Waals surface area contributed by atoms with Crippen molar-refractivity contribution in [2.75, 3.05) is 13.3 Å². The fourth-order valence-corrected chi connectivity index (χ4v) is 4.94. The summed E-state index contributed by atoms with van der Waals surface area (Å²) in [6.45, 7) is 2.84. The number of aryl methyl sites for hydroxylation is 1. The summed E-state index contributed by atoms with van der Waals surface area (Å²) in [5.74, 6) is 0.890. The van der Waals surface area contributed by atoms with Crippen LogP contribution in [0.3, 0.4) is 0 Å². The lowest BCUT2D eigenvalue weighted by molar-refractivity contribution is 0.615. The second kappa shape index (κ2) is 8.72. The molecule has 134 valence electrons. The van der Waals surface area contributed by atoms with E-state index in [9.17, 15) is 0 Å². The minimum Gasteiger partial charge on any atom is -0.354 e. The first-order chi connectivity index (χ1) is 12.2. The van der Waals surface area contributed by atoms with Crippen molar-refractivity contribution in [3.05, 3.63) is 40.9 Å². The molecule has 0 amide bonds. The summed E-state index contributed by atoms with van der Waals surface area (Å²) in [6, 6.07) is 10.9. The minimum absolute atomic E-state index is 0.533. The summed E-state index contributed by atoms with van der Waals surface area (Å²) in [7, 11) is 1.84. The van der Waals surface area contributed by atoms with E-state index in [2.05, 4.69) is 53.1 Å². The van der Waals surface area contributed by atoms with Crippen molar-refractivity contribution >= 4 is 29.1 Å². The van der Waals surface area contributed by atoms with Crippen molar-refractivity contribution in [1.29, 1.82) is 0 Å². The van der Waals surface area contributed by atoms with E-state index < -0.39 is 0 Å². The molecule has 2 aromatic rings. The molecule has 0 spiro atoms. The van der Waals surface area contributed by atoms with Gasteiger partial charge in [-0.05, 0) is 32.4 Å². The standard InChI is InChI=1S/C19H26N4S2/c1-13-17(25-18(22-13)14-7-5-4-6-8-14)12-21-19(20-2)23-15-9-10-16(11-15)24-3/h4-8,15-16H,9-12H2,1-3H3,(H2,20,21,23). The fraction of sp³-hybridized carbons (Fsp3) is 0.474. The molecule has 2 atom stereocenters. The van der Waals surface area contributed by atoms with Gasteiger partial charge in [-0.1, -0.05) is 30.3 Å². The van der Waals surface area contributed by atoms with E-state index in [4.69, 9.17) is 4.98 Å². The van der Waals surface area contributed by atoms with Crippen molar-refractivity contribution < 1.29 is 0 Å². The quantitative estimate of drug-likeness (QED) is 0.612. The lowest BCUT2D eigenvalue weighted by Crippen LogP contribution is -2.42. The number of nitrogens with one attached hydrogen (secondary N) is 2. The van der Waals surface area contributed by atoms with Crippen LogP contribution in [-0.4, -0.2) is 35.5 Å². The van der Waals surface area contributed by atoms with Crippen LogP contribution in [0.1, 0.15) is 29.8 Å². The van der Waals surface area contributed by atoms with Gasteiger partial charge in [-0.25, -0.2) is 4.98 Å². The van der Waals surface area contributed by atoms with Crippen LogP contribution in [0.25, 0.3) is 10.6 Å². The first-order valence-electron chi connectivity index (χ1n) is 8.71. The SMILES string of the molecule is CN=C(NCc1sc(-c2ccccc2)nc1C)NC1CCC(SC)C1. The van der Waals surface area contributed by atoms with Gasteiger partial charge in [0.15, 0.2) is 5.96 Å². The third-order valence-electron chi connectivity index (χ3n) is 4.61. The molecule has 6 heteroatoms. The lowest BCUT2D eigenvalue weighted by Gasteiger charge is -2.17. The average Bonchev–Trinajstić information content (AvgIpc) is 3.25. The van der Waals surface area contributed by atoms with E-state index in [1.165, 1.54) is 29.7 Å². The summed E-state index contributed by atoms with van der Waals surface area (Å²) in [4.78, 5) is 10.4. The van der Waals surface area contributed by atoms with Gasteiger partial charge in [-0.15, -0.1) is 11.3 Å². The third-order valence-corrected chi connectivity index (χ3v) is 6.91. The van der Waals surface area contributed by atoms with Crippen LogP contribution < -0.4 is 10.6 Å². The fourth-order valence-electron chi connectivity index (χ4n) is 3.13. The highest BCUT2D eigenvalue weighted by atomic mass is 32.2. The predicted octanol–water partition coefficient (Wildman–Crippen LogP) is 4.07. The maximum atomic E-state index is 4.72. The molecule has 2 unspecified atom stereocenters. The van der Waals surface area contributed by atoms with Crippen LogP contribution in [0.5, 0.6) is 0 Å². The number of thioether (sulfide) groups is 1. The number of nitrogens with zero attached hydrogens (tertiary/aromatic N) is 2. The van der Waals surface area contributed by atoms with E-state index in [0.29, 0.717) is 6.04 Å². The summed E-state index contributed by atoms with van der Waals surface area (Å²) in [5.41, 5.74) is 2.27. The van der Waals surface area contributed by atoms with Gasteiger partial charge in [-0.2, -0.15) is 11.8 Å². The number of aliphatic imine (C=N–C) groups is 1. The van der Waals surface area contributed by atoms with Crippen molar-refractivity contribution in [3.63, 3.8) is 0 Å². The first-order valence-corrected chi connectivity index (χ1v) is 10.8. The van der Waals surface area contributed by atoms with Crippen LogP contribution in [0.4, 0.5) is 0 Å². The highest BCUT2D eigenvalue weighted by Crippen LogP contribution is 2.29. The van der Waals surface area contributed by atoms with Gasteiger partial charge >= 0.3 is 0 Å². The van der Waals surface area contributed by atoms with Gasteiger partial charge in [-0.3, -0.25) is 4.99 Å². The van der Waals surface area contributed by atoms with Crippen LogP contribution in [0, 0.1) is 6.92 Å². The Hall–Kier alpha value is -1.53. The molecule has 1 aromatic heterocycles. The molecule has 0 aliphatic heterocycles. The molecular weight excluding hydrogens is 348 g/mol. The number of hydrogen-bond donors (Lipinski definition) is 2. The summed E-state index contributed by atoms with van der Waals surface area (Å²) >= 11 is 3.73. The van der Waals surface area contributed by atoms with Crippen molar-refractivity contribution in [3.8, 4) is 10.6 Å². The van der Waals surface area contributed by atoms with E-state index >= 15 is 0 Å². The Bertz CT molecular complexity index is 711. The highest BCUT2D eigenvalue weighted by Gasteiger charge is 2.24. The minimum atomic E-state index is 0.533. The summed E-state index contributed by atoms with van der Waals surface area (Å²) in [6.07, 6.45) is 5.95. The number of thiazole rings is 1. The van der Waals surface area contributed by atoms with Crippen molar-refractivity contribution in [1.82, 2.24) is 15.6 Å². The lowest BCUT2D eigenvalue weighted by atomic mass is 10.2. The Morgan fingerprint density at radius 3 is 2.80 bits per heavy atom. The molecule has 1 aromatic carbocycles. The van der Waals surface area contributed by atoms with Crippen LogP contribution in [0.15, 0.2) is 35.3 Å². The number of rotatable bonds is 5. The number of guanidine groups is 1. The van der Waals surface area contributed by atoms with Gasteiger partial charge in [0.1, 0.15) is 5.01 Å².